The van der Waals surface area contributed by atoms with E-state index >= 15 is 0 Å². The summed E-state index contributed by atoms with van der Waals surface area (Å²) in [6.45, 7) is 5.36. The zero-order chi connectivity index (χ0) is 25.4. The van der Waals surface area contributed by atoms with Gasteiger partial charge in [0.1, 0.15) is 11.9 Å². The van der Waals surface area contributed by atoms with Gasteiger partial charge in [-0.15, -0.1) is 11.3 Å². The number of thiophene rings is 1. The molecular weight excluding hydrogens is 496 g/mol. The molecule has 0 bridgehead atoms. The molecular formula is C27H29ClN4O3S. The molecule has 36 heavy (non-hydrogen) atoms. The van der Waals surface area contributed by atoms with Crippen molar-refractivity contribution in [2.24, 2.45) is 7.05 Å². The van der Waals surface area contributed by atoms with Crippen molar-refractivity contribution in [3.8, 4) is 16.9 Å². The van der Waals surface area contributed by atoms with E-state index in [-0.39, 0.29) is 23.9 Å². The van der Waals surface area contributed by atoms with Crippen molar-refractivity contribution < 1.29 is 4.74 Å². The Hall–Kier alpha value is -2.94. The Morgan fingerprint density at radius 3 is 2.86 bits per heavy atom. The Morgan fingerprint density at radius 1 is 1.22 bits per heavy atom. The lowest BCUT2D eigenvalue weighted by atomic mass is 9.98. The van der Waals surface area contributed by atoms with E-state index in [2.05, 4.69) is 17.2 Å². The summed E-state index contributed by atoms with van der Waals surface area (Å²) < 4.78 is 10.3. The van der Waals surface area contributed by atoms with Crippen LogP contribution in [0.15, 0.2) is 52.3 Å². The number of nitrogens with zero attached hydrogens (tertiary/aromatic N) is 3. The van der Waals surface area contributed by atoms with Gasteiger partial charge in [0.25, 0.3) is 5.56 Å². The largest absolute Gasteiger partial charge is 0.489 e. The van der Waals surface area contributed by atoms with E-state index in [4.69, 9.17) is 16.3 Å². The van der Waals surface area contributed by atoms with Crippen molar-refractivity contribution in [2.45, 2.75) is 51.8 Å². The Morgan fingerprint density at radius 2 is 2.06 bits per heavy atom. The molecule has 0 unspecified atom stereocenters. The SMILES string of the molecule is CC[C@@H]1C[C@H](Oc2c(C)cc(Cl)cc2-c2ccnc3cc(Cn4c(=O)ccn(C)c4=O)sc23)CCN1. The first kappa shape index (κ1) is 24.7. The fourth-order valence-electron chi connectivity index (χ4n) is 4.83. The van der Waals surface area contributed by atoms with Gasteiger partial charge in [-0.25, -0.2) is 4.79 Å². The number of pyridine rings is 1. The van der Waals surface area contributed by atoms with Gasteiger partial charge < -0.3 is 14.6 Å². The second kappa shape index (κ2) is 10.2. The van der Waals surface area contributed by atoms with E-state index in [9.17, 15) is 9.59 Å². The second-order valence-electron chi connectivity index (χ2n) is 9.34. The van der Waals surface area contributed by atoms with Crippen molar-refractivity contribution in [1.82, 2.24) is 19.4 Å². The van der Waals surface area contributed by atoms with Gasteiger partial charge in [-0.2, -0.15) is 0 Å². The first-order chi connectivity index (χ1) is 17.3. The molecule has 4 heterocycles. The molecule has 1 saturated heterocycles. The predicted octanol–water partition coefficient (Wildman–Crippen LogP) is 4.74. The zero-order valence-electron chi connectivity index (χ0n) is 20.6. The number of fused-ring (bicyclic) bond motifs is 1. The van der Waals surface area contributed by atoms with E-state index in [0.29, 0.717) is 11.1 Å². The summed E-state index contributed by atoms with van der Waals surface area (Å²) in [7, 11) is 1.64. The average molecular weight is 525 g/mol. The van der Waals surface area contributed by atoms with E-state index < -0.39 is 0 Å². The molecule has 4 aromatic rings. The Balaban J connectivity index is 1.56. The third-order valence-corrected chi connectivity index (χ3v) is 8.13. The molecule has 1 fully saturated rings. The highest BCUT2D eigenvalue weighted by Gasteiger charge is 2.24. The molecule has 0 saturated carbocycles. The predicted molar refractivity (Wildman–Crippen MR) is 146 cm³/mol. The maximum Gasteiger partial charge on any atom is 0.331 e. The van der Waals surface area contributed by atoms with E-state index in [1.54, 1.807) is 13.2 Å². The average Bonchev–Trinajstić information content (AvgIpc) is 3.29. The Bertz CT molecular complexity index is 1540. The lowest BCUT2D eigenvalue weighted by Crippen LogP contribution is -2.42. The minimum atomic E-state index is -0.346. The quantitative estimate of drug-likeness (QED) is 0.394. The number of hydrogen-bond donors (Lipinski definition) is 1. The standard InChI is InChI=1S/C27H29ClN4O3S/c1-4-18-13-19(5-8-29-18)35-25-16(2)11-17(28)12-22(25)21-6-9-30-23-14-20(36-26(21)23)15-32-24(33)7-10-31(3)27(32)34/h6-7,9-12,14,18-19,29H,4-5,8,13,15H2,1-3H3/t18-,19-/m1/s1. The summed E-state index contributed by atoms with van der Waals surface area (Å²) in [6, 6.07) is 9.68. The summed E-state index contributed by atoms with van der Waals surface area (Å²) in [5, 5.41) is 4.20. The maximum atomic E-state index is 12.5. The van der Waals surface area contributed by atoms with Crippen molar-refractivity contribution in [3.05, 3.63) is 79.0 Å². The van der Waals surface area contributed by atoms with Gasteiger partial charge in [-0.3, -0.25) is 14.3 Å². The Kier molecular flexibility index (Phi) is 7.01. The van der Waals surface area contributed by atoms with Crippen LogP contribution in [0.5, 0.6) is 5.75 Å². The third kappa shape index (κ3) is 4.85. The number of ether oxygens (including phenoxy) is 1. The van der Waals surface area contributed by atoms with Gasteiger partial charge in [0.15, 0.2) is 0 Å². The maximum absolute atomic E-state index is 12.5. The number of halogens is 1. The molecule has 1 aliphatic rings. The molecule has 0 amide bonds. The molecule has 0 spiro atoms. The lowest BCUT2D eigenvalue weighted by Gasteiger charge is -2.31. The first-order valence-electron chi connectivity index (χ1n) is 12.2. The van der Waals surface area contributed by atoms with Crippen molar-refractivity contribution in [1.29, 1.82) is 0 Å². The molecule has 1 aliphatic heterocycles. The van der Waals surface area contributed by atoms with E-state index in [1.807, 2.05) is 31.2 Å². The minimum absolute atomic E-state index is 0.132. The number of rotatable bonds is 6. The second-order valence-corrected chi connectivity index (χ2v) is 10.9. The van der Waals surface area contributed by atoms with Gasteiger partial charge in [0.05, 0.1) is 16.8 Å². The smallest absolute Gasteiger partial charge is 0.331 e. The van der Waals surface area contributed by atoms with Crippen LogP contribution in [0, 0.1) is 6.92 Å². The summed E-state index contributed by atoms with van der Waals surface area (Å²) in [6.07, 6.45) is 6.39. The third-order valence-electron chi connectivity index (χ3n) is 6.77. The first-order valence-corrected chi connectivity index (χ1v) is 13.4. The lowest BCUT2D eigenvalue weighted by molar-refractivity contribution is 0.138. The fourth-order valence-corrected chi connectivity index (χ4v) is 6.23. The van der Waals surface area contributed by atoms with Crippen LogP contribution in [0.2, 0.25) is 5.02 Å². The topological polar surface area (TPSA) is 78.2 Å². The molecule has 188 valence electrons. The van der Waals surface area contributed by atoms with Crippen molar-refractivity contribution >= 4 is 33.2 Å². The number of aryl methyl sites for hydroxylation is 2. The van der Waals surface area contributed by atoms with Crippen LogP contribution < -0.4 is 21.3 Å². The Labute approximate surface area is 218 Å². The molecule has 1 aromatic carbocycles. The van der Waals surface area contributed by atoms with Crippen LogP contribution in [-0.4, -0.2) is 32.8 Å². The summed E-state index contributed by atoms with van der Waals surface area (Å²) >= 11 is 8.05. The number of benzene rings is 1. The monoisotopic (exact) mass is 524 g/mol. The minimum Gasteiger partial charge on any atom is -0.489 e. The van der Waals surface area contributed by atoms with Crippen LogP contribution in [0.25, 0.3) is 21.3 Å². The van der Waals surface area contributed by atoms with Gasteiger partial charge in [0, 0.05) is 52.6 Å². The molecule has 9 heteroatoms. The van der Waals surface area contributed by atoms with Gasteiger partial charge in [0.2, 0.25) is 0 Å². The summed E-state index contributed by atoms with van der Waals surface area (Å²) in [5.74, 6) is 0.844. The highest BCUT2D eigenvalue weighted by atomic mass is 35.5. The molecule has 3 aromatic heterocycles. The number of aromatic nitrogens is 3. The van der Waals surface area contributed by atoms with Crippen LogP contribution in [-0.2, 0) is 13.6 Å². The van der Waals surface area contributed by atoms with Gasteiger partial charge in [-0.1, -0.05) is 18.5 Å². The number of nitrogens with one attached hydrogen (secondary N) is 1. The van der Waals surface area contributed by atoms with Crippen LogP contribution in [0.3, 0.4) is 0 Å². The van der Waals surface area contributed by atoms with Gasteiger partial charge in [-0.05, 0) is 62.6 Å². The van der Waals surface area contributed by atoms with Crippen molar-refractivity contribution in [2.75, 3.05) is 6.54 Å². The van der Waals surface area contributed by atoms with E-state index in [0.717, 1.165) is 63.3 Å². The molecule has 0 aliphatic carbocycles. The summed E-state index contributed by atoms with van der Waals surface area (Å²) in [4.78, 5) is 30.3. The molecule has 2 atom stereocenters. The highest BCUT2D eigenvalue weighted by Crippen LogP contribution is 2.42. The molecule has 5 rings (SSSR count). The van der Waals surface area contributed by atoms with Gasteiger partial charge >= 0.3 is 5.69 Å². The summed E-state index contributed by atoms with van der Waals surface area (Å²) in [5.41, 5.74) is 3.04. The molecule has 7 nitrogen and oxygen atoms in total. The normalized spacial score (nSPS) is 18.0. The van der Waals surface area contributed by atoms with E-state index in [1.165, 1.54) is 32.7 Å². The highest BCUT2D eigenvalue weighted by molar-refractivity contribution is 7.19. The number of hydrogen-bond acceptors (Lipinski definition) is 6. The van der Waals surface area contributed by atoms with Crippen LogP contribution in [0.1, 0.15) is 36.6 Å². The number of piperidine rings is 1. The zero-order valence-corrected chi connectivity index (χ0v) is 22.2. The van der Waals surface area contributed by atoms with Crippen LogP contribution in [0.4, 0.5) is 0 Å². The van der Waals surface area contributed by atoms with Crippen LogP contribution >= 0.6 is 22.9 Å². The fraction of sp³-hybridized carbons (Fsp3) is 0.370. The van der Waals surface area contributed by atoms with Crippen molar-refractivity contribution in [3.63, 3.8) is 0 Å². The molecule has 0 radical (unpaired) electrons. The molecule has 1 N–H and O–H groups in total.